The minimum absolute atomic E-state index is 0.505. The summed E-state index contributed by atoms with van der Waals surface area (Å²) in [5, 5.41) is 0. The van der Waals surface area contributed by atoms with Crippen molar-refractivity contribution in [1.29, 1.82) is 0 Å². The molecule has 0 N–H and O–H groups in total. The zero-order chi connectivity index (χ0) is 11.6. The number of nitrogens with zero attached hydrogens (tertiary/aromatic N) is 2. The average molecular weight is 246 g/mol. The number of hydrogen-bond acceptors (Lipinski definition) is 4. The predicted molar refractivity (Wildman–Crippen MR) is 61.5 cm³/mol. The van der Waals surface area contributed by atoms with E-state index in [1.165, 1.54) is 16.3 Å². The van der Waals surface area contributed by atoms with Gasteiger partial charge in [0.2, 0.25) is 10.0 Å². The van der Waals surface area contributed by atoms with Gasteiger partial charge in [0.25, 0.3) is 0 Å². The van der Waals surface area contributed by atoms with Crippen LogP contribution in [0.2, 0.25) is 0 Å². The van der Waals surface area contributed by atoms with Crippen LogP contribution in [0.5, 0.6) is 0 Å². The van der Waals surface area contributed by atoms with Crippen molar-refractivity contribution >= 4 is 10.0 Å². The Labute approximate surface area is 96.7 Å². The van der Waals surface area contributed by atoms with Crippen LogP contribution in [0.15, 0.2) is 11.8 Å². The van der Waals surface area contributed by atoms with Crippen molar-refractivity contribution in [3.8, 4) is 0 Å². The van der Waals surface area contributed by atoms with Crippen molar-refractivity contribution in [3.05, 3.63) is 11.8 Å². The minimum atomic E-state index is -3.03. The van der Waals surface area contributed by atoms with E-state index in [2.05, 4.69) is 4.90 Å². The highest BCUT2D eigenvalue weighted by atomic mass is 32.2. The molecule has 2 aliphatic rings. The highest BCUT2D eigenvalue weighted by molar-refractivity contribution is 7.88. The van der Waals surface area contributed by atoms with Gasteiger partial charge in [-0.25, -0.2) is 8.42 Å². The van der Waals surface area contributed by atoms with E-state index in [-0.39, 0.29) is 0 Å². The van der Waals surface area contributed by atoms with Gasteiger partial charge in [-0.1, -0.05) is 6.08 Å². The highest BCUT2D eigenvalue weighted by Crippen LogP contribution is 2.18. The first-order valence-electron chi connectivity index (χ1n) is 5.54. The Morgan fingerprint density at radius 3 is 2.44 bits per heavy atom. The van der Waals surface area contributed by atoms with Gasteiger partial charge >= 0.3 is 0 Å². The van der Waals surface area contributed by atoms with Crippen molar-refractivity contribution in [1.82, 2.24) is 9.21 Å². The zero-order valence-electron chi connectivity index (χ0n) is 9.55. The second-order valence-corrected chi connectivity index (χ2v) is 6.15. The summed E-state index contributed by atoms with van der Waals surface area (Å²) >= 11 is 0. The number of hydrogen-bond donors (Lipinski definition) is 0. The molecule has 2 heterocycles. The van der Waals surface area contributed by atoms with Crippen LogP contribution in [0, 0.1) is 0 Å². The summed E-state index contributed by atoms with van der Waals surface area (Å²) < 4.78 is 29.5. The van der Waals surface area contributed by atoms with Crippen LogP contribution in [0.25, 0.3) is 0 Å². The molecule has 5 nitrogen and oxygen atoms in total. The number of rotatable bonds is 2. The van der Waals surface area contributed by atoms with Crippen LogP contribution in [0.4, 0.5) is 0 Å². The lowest BCUT2D eigenvalue weighted by molar-refractivity contribution is 0.0508. The summed E-state index contributed by atoms with van der Waals surface area (Å²) in [6.07, 6.45) is 4.10. The molecule has 0 aliphatic carbocycles. The summed E-state index contributed by atoms with van der Waals surface area (Å²) in [7, 11) is -3.03. The SMILES string of the molecule is CS(=O)(=O)N1CC=C(N2CCOCC2)CC1. The summed E-state index contributed by atoms with van der Waals surface area (Å²) in [5.41, 5.74) is 1.27. The molecule has 2 rings (SSSR count). The lowest BCUT2D eigenvalue weighted by atomic mass is 10.2. The van der Waals surface area contributed by atoms with Gasteiger partial charge in [0.1, 0.15) is 0 Å². The Kier molecular flexibility index (Phi) is 3.51. The Balaban J connectivity index is 1.97. The molecule has 6 heteroatoms. The van der Waals surface area contributed by atoms with Gasteiger partial charge in [-0.05, 0) is 0 Å². The van der Waals surface area contributed by atoms with Crippen LogP contribution in [0.3, 0.4) is 0 Å². The van der Waals surface area contributed by atoms with Crippen molar-refractivity contribution < 1.29 is 13.2 Å². The molecule has 0 amide bonds. The predicted octanol–water partition coefficient (Wildman–Crippen LogP) is -0.132. The molecule has 0 spiro atoms. The largest absolute Gasteiger partial charge is 0.378 e. The molecule has 0 radical (unpaired) electrons. The van der Waals surface area contributed by atoms with Gasteiger partial charge in [-0.3, -0.25) is 0 Å². The molecular weight excluding hydrogens is 228 g/mol. The quantitative estimate of drug-likeness (QED) is 0.681. The summed E-state index contributed by atoms with van der Waals surface area (Å²) in [4.78, 5) is 2.29. The van der Waals surface area contributed by atoms with Gasteiger partial charge in [0.05, 0.1) is 19.5 Å². The van der Waals surface area contributed by atoms with Gasteiger partial charge in [0.15, 0.2) is 0 Å². The molecule has 0 bridgehead atoms. The molecule has 0 saturated carbocycles. The van der Waals surface area contributed by atoms with E-state index in [1.807, 2.05) is 6.08 Å². The second-order valence-electron chi connectivity index (χ2n) is 4.17. The maximum absolute atomic E-state index is 11.3. The van der Waals surface area contributed by atoms with Crippen molar-refractivity contribution in [2.24, 2.45) is 0 Å². The van der Waals surface area contributed by atoms with Crippen LogP contribution >= 0.6 is 0 Å². The third-order valence-electron chi connectivity index (χ3n) is 3.03. The molecule has 0 aromatic rings. The van der Waals surface area contributed by atoms with Gasteiger partial charge < -0.3 is 9.64 Å². The fraction of sp³-hybridized carbons (Fsp3) is 0.800. The molecule has 0 aromatic carbocycles. The monoisotopic (exact) mass is 246 g/mol. The zero-order valence-corrected chi connectivity index (χ0v) is 10.4. The first-order valence-corrected chi connectivity index (χ1v) is 7.39. The van der Waals surface area contributed by atoms with Crippen LogP contribution in [-0.2, 0) is 14.8 Å². The number of morpholine rings is 1. The standard InChI is InChI=1S/C10H18N2O3S/c1-16(13,14)12-4-2-10(3-5-12)11-6-8-15-9-7-11/h2H,3-9H2,1H3. The van der Waals surface area contributed by atoms with Crippen molar-refractivity contribution in [2.75, 3.05) is 45.6 Å². The van der Waals surface area contributed by atoms with E-state index < -0.39 is 10.0 Å². The first-order chi connectivity index (χ1) is 7.57. The van der Waals surface area contributed by atoms with E-state index in [4.69, 9.17) is 4.74 Å². The molecule has 16 heavy (non-hydrogen) atoms. The second kappa shape index (κ2) is 4.73. The smallest absolute Gasteiger partial charge is 0.211 e. The molecule has 0 atom stereocenters. The van der Waals surface area contributed by atoms with Gasteiger partial charge in [0, 0.05) is 38.3 Å². The Hall–Kier alpha value is -0.590. The van der Waals surface area contributed by atoms with E-state index in [0.717, 1.165) is 32.7 Å². The fourth-order valence-electron chi connectivity index (χ4n) is 2.08. The molecule has 2 aliphatic heterocycles. The topological polar surface area (TPSA) is 49.9 Å². The molecule has 1 fully saturated rings. The number of ether oxygens (including phenoxy) is 1. The van der Waals surface area contributed by atoms with Crippen molar-refractivity contribution in [3.63, 3.8) is 0 Å². The van der Waals surface area contributed by atoms with Crippen molar-refractivity contribution in [2.45, 2.75) is 6.42 Å². The maximum atomic E-state index is 11.3. The third-order valence-corrected chi connectivity index (χ3v) is 4.30. The van der Waals surface area contributed by atoms with Crippen LogP contribution in [0.1, 0.15) is 6.42 Å². The summed E-state index contributed by atoms with van der Waals surface area (Å²) in [6, 6.07) is 0. The third kappa shape index (κ3) is 2.75. The molecular formula is C10H18N2O3S. The van der Waals surface area contributed by atoms with Gasteiger partial charge in [-0.2, -0.15) is 4.31 Å². The number of sulfonamides is 1. The molecule has 0 unspecified atom stereocenters. The minimum Gasteiger partial charge on any atom is -0.378 e. The van der Waals surface area contributed by atoms with E-state index in [0.29, 0.717) is 13.1 Å². The normalized spacial score (nSPS) is 24.3. The van der Waals surface area contributed by atoms with E-state index in [9.17, 15) is 8.42 Å². The Bertz CT molecular complexity index is 372. The maximum Gasteiger partial charge on any atom is 0.211 e. The lowest BCUT2D eigenvalue weighted by Crippen LogP contribution is -2.40. The first kappa shape index (κ1) is 11.9. The summed E-state index contributed by atoms with van der Waals surface area (Å²) in [6.45, 7) is 4.49. The Morgan fingerprint density at radius 2 is 1.94 bits per heavy atom. The molecule has 92 valence electrons. The van der Waals surface area contributed by atoms with E-state index in [1.54, 1.807) is 0 Å². The van der Waals surface area contributed by atoms with Gasteiger partial charge in [-0.15, -0.1) is 0 Å². The lowest BCUT2D eigenvalue weighted by Gasteiger charge is -2.34. The molecule has 1 saturated heterocycles. The highest BCUT2D eigenvalue weighted by Gasteiger charge is 2.22. The fourth-order valence-corrected chi connectivity index (χ4v) is 2.85. The summed E-state index contributed by atoms with van der Waals surface area (Å²) in [5.74, 6) is 0. The van der Waals surface area contributed by atoms with Crippen LogP contribution < -0.4 is 0 Å². The van der Waals surface area contributed by atoms with E-state index >= 15 is 0 Å². The Morgan fingerprint density at radius 1 is 1.25 bits per heavy atom. The molecule has 0 aromatic heterocycles. The van der Waals surface area contributed by atoms with Crippen LogP contribution in [-0.4, -0.2) is 63.3 Å². The average Bonchev–Trinajstić information content (AvgIpc) is 2.29.